The van der Waals surface area contributed by atoms with E-state index in [0.29, 0.717) is 5.92 Å². The second-order valence-corrected chi connectivity index (χ2v) is 6.01. The quantitative estimate of drug-likeness (QED) is 0.860. The molecule has 1 aromatic rings. The Labute approximate surface area is 101 Å². The molecule has 0 aromatic carbocycles. The van der Waals surface area contributed by atoms with Crippen molar-refractivity contribution in [2.24, 2.45) is 5.92 Å². The van der Waals surface area contributed by atoms with Gasteiger partial charge in [-0.15, -0.1) is 0 Å². The average molecular weight is 237 g/mol. The summed E-state index contributed by atoms with van der Waals surface area (Å²) in [7, 11) is 0. The molecule has 1 aromatic heterocycles. The van der Waals surface area contributed by atoms with Gasteiger partial charge in [0.1, 0.15) is 10.8 Å². The first kappa shape index (κ1) is 10.4. The molecule has 0 bridgehead atoms. The monoisotopic (exact) mass is 237 g/mol. The predicted molar refractivity (Wildman–Crippen MR) is 69.1 cm³/mol. The van der Waals surface area contributed by atoms with Crippen LogP contribution in [-0.4, -0.2) is 17.5 Å². The van der Waals surface area contributed by atoms with Gasteiger partial charge in [-0.1, -0.05) is 6.92 Å². The van der Waals surface area contributed by atoms with Crippen molar-refractivity contribution in [1.29, 1.82) is 0 Å². The summed E-state index contributed by atoms with van der Waals surface area (Å²) in [6.07, 6.45) is 5.28. The Balaban J connectivity index is 1.87. The number of rotatable bonds is 2. The lowest BCUT2D eigenvalue weighted by molar-refractivity contribution is 0.448. The van der Waals surface area contributed by atoms with E-state index in [4.69, 9.17) is 5.73 Å². The molecular weight excluding hydrogens is 218 g/mol. The van der Waals surface area contributed by atoms with Crippen LogP contribution in [0, 0.1) is 5.92 Å². The summed E-state index contributed by atoms with van der Waals surface area (Å²) in [6, 6.07) is 0. The standard InChI is InChI=1S/C12H19N3S/c1-8-3-2-6-15(7-8)12-10(9-4-5-9)11(13)14-16-12/h8-9H,2-7H2,1H3,(H2,13,14). The molecule has 4 heteroatoms. The molecule has 1 aliphatic carbocycles. The van der Waals surface area contributed by atoms with Gasteiger partial charge >= 0.3 is 0 Å². The van der Waals surface area contributed by atoms with E-state index < -0.39 is 0 Å². The molecule has 1 saturated carbocycles. The van der Waals surface area contributed by atoms with Crippen LogP contribution < -0.4 is 10.6 Å². The van der Waals surface area contributed by atoms with Gasteiger partial charge in [-0.25, -0.2) is 0 Å². The molecule has 2 heterocycles. The van der Waals surface area contributed by atoms with Crippen LogP contribution in [0.25, 0.3) is 0 Å². The minimum absolute atomic E-state index is 0.714. The summed E-state index contributed by atoms with van der Waals surface area (Å²) < 4.78 is 4.36. The van der Waals surface area contributed by atoms with Crippen molar-refractivity contribution in [2.75, 3.05) is 23.7 Å². The van der Waals surface area contributed by atoms with Crippen LogP contribution in [0.1, 0.15) is 44.1 Å². The lowest BCUT2D eigenvalue weighted by Gasteiger charge is -2.32. The van der Waals surface area contributed by atoms with Crippen LogP contribution in [0.5, 0.6) is 0 Å². The molecule has 1 atom stereocenters. The largest absolute Gasteiger partial charge is 0.383 e. The second kappa shape index (κ2) is 3.91. The zero-order chi connectivity index (χ0) is 11.1. The number of hydrogen-bond donors (Lipinski definition) is 1. The molecule has 1 aliphatic heterocycles. The highest BCUT2D eigenvalue weighted by Gasteiger charge is 2.33. The second-order valence-electron chi connectivity index (χ2n) is 5.25. The van der Waals surface area contributed by atoms with Gasteiger partial charge in [0.2, 0.25) is 0 Å². The maximum atomic E-state index is 6.00. The first-order valence-electron chi connectivity index (χ1n) is 6.25. The van der Waals surface area contributed by atoms with E-state index in [2.05, 4.69) is 16.2 Å². The van der Waals surface area contributed by atoms with Crippen LogP contribution in [-0.2, 0) is 0 Å². The average Bonchev–Trinajstić information content (AvgIpc) is 3.02. The number of anilines is 2. The predicted octanol–water partition coefficient (Wildman–Crippen LogP) is 2.84. The van der Waals surface area contributed by atoms with Crippen LogP contribution in [0.4, 0.5) is 10.8 Å². The summed E-state index contributed by atoms with van der Waals surface area (Å²) in [5.41, 5.74) is 7.36. The normalized spacial score (nSPS) is 26.1. The first-order chi connectivity index (χ1) is 7.75. The van der Waals surface area contributed by atoms with Crippen LogP contribution in [0.2, 0.25) is 0 Å². The third-order valence-electron chi connectivity index (χ3n) is 3.67. The lowest BCUT2D eigenvalue weighted by Crippen LogP contribution is -2.34. The molecule has 0 radical (unpaired) electrons. The van der Waals surface area contributed by atoms with E-state index in [9.17, 15) is 0 Å². The smallest absolute Gasteiger partial charge is 0.142 e. The van der Waals surface area contributed by atoms with E-state index in [1.165, 1.54) is 49.3 Å². The third kappa shape index (κ3) is 1.79. The fraction of sp³-hybridized carbons (Fsp3) is 0.750. The number of nitrogen functional groups attached to an aromatic ring is 1. The fourth-order valence-electron chi connectivity index (χ4n) is 2.66. The molecular formula is C12H19N3S. The van der Waals surface area contributed by atoms with Crippen molar-refractivity contribution < 1.29 is 0 Å². The Kier molecular flexibility index (Phi) is 2.54. The summed E-state index contributed by atoms with van der Waals surface area (Å²) in [5.74, 6) is 2.32. The molecule has 2 N–H and O–H groups in total. The Morgan fingerprint density at radius 3 is 2.88 bits per heavy atom. The van der Waals surface area contributed by atoms with Crippen molar-refractivity contribution >= 4 is 22.4 Å². The SMILES string of the molecule is CC1CCCN(c2snc(N)c2C2CC2)C1. The van der Waals surface area contributed by atoms with E-state index in [1.54, 1.807) is 11.5 Å². The molecule has 1 unspecified atom stereocenters. The number of hydrogen-bond acceptors (Lipinski definition) is 4. The highest BCUT2D eigenvalue weighted by Crippen LogP contribution is 2.49. The van der Waals surface area contributed by atoms with Gasteiger partial charge in [-0.2, -0.15) is 4.37 Å². The maximum absolute atomic E-state index is 6.00. The molecule has 0 spiro atoms. The van der Waals surface area contributed by atoms with Crippen molar-refractivity contribution in [3.05, 3.63) is 5.56 Å². The maximum Gasteiger partial charge on any atom is 0.142 e. The van der Waals surface area contributed by atoms with Crippen molar-refractivity contribution in [2.45, 2.75) is 38.5 Å². The minimum Gasteiger partial charge on any atom is -0.383 e. The Bertz CT molecular complexity index is 384. The highest BCUT2D eigenvalue weighted by atomic mass is 32.1. The van der Waals surface area contributed by atoms with Gasteiger partial charge in [0, 0.05) is 18.7 Å². The summed E-state index contributed by atoms with van der Waals surface area (Å²) in [5, 5.41) is 1.37. The van der Waals surface area contributed by atoms with Crippen LogP contribution >= 0.6 is 11.5 Å². The molecule has 0 amide bonds. The van der Waals surface area contributed by atoms with E-state index in [-0.39, 0.29) is 0 Å². The molecule has 16 heavy (non-hydrogen) atoms. The summed E-state index contributed by atoms with van der Waals surface area (Å²) in [4.78, 5) is 2.51. The fourth-order valence-corrected chi connectivity index (χ4v) is 3.59. The lowest BCUT2D eigenvalue weighted by atomic mass is 10.00. The van der Waals surface area contributed by atoms with Gasteiger partial charge in [-0.05, 0) is 49.1 Å². The first-order valence-corrected chi connectivity index (χ1v) is 7.03. The molecule has 88 valence electrons. The molecule has 2 fully saturated rings. The zero-order valence-electron chi connectivity index (χ0n) is 9.78. The molecule has 1 saturated heterocycles. The third-order valence-corrected chi connectivity index (χ3v) is 4.61. The van der Waals surface area contributed by atoms with Crippen molar-refractivity contribution in [3.8, 4) is 0 Å². The number of aromatic nitrogens is 1. The Hall–Kier alpha value is -0.770. The van der Waals surface area contributed by atoms with Crippen molar-refractivity contribution in [1.82, 2.24) is 4.37 Å². The summed E-state index contributed by atoms with van der Waals surface area (Å²) in [6.45, 7) is 4.71. The van der Waals surface area contributed by atoms with E-state index in [0.717, 1.165) is 11.7 Å². The van der Waals surface area contributed by atoms with Crippen LogP contribution in [0.3, 0.4) is 0 Å². The van der Waals surface area contributed by atoms with E-state index >= 15 is 0 Å². The van der Waals surface area contributed by atoms with Gasteiger partial charge in [0.15, 0.2) is 0 Å². The van der Waals surface area contributed by atoms with Crippen molar-refractivity contribution in [3.63, 3.8) is 0 Å². The molecule has 3 rings (SSSR count). The van der Waals surface area contributed by atoms with Gasteiger partial charge < -0.3 is 10.6 Å². The number of nitrogens with two attached hydrogens (primary N) is 1. The van der Waals surface area contributed by atoms with E-state index in [1.807, 2.05) is 0 Å². The highest BCUT2D eigenvalue weighted by molar-refractivity contribution is 7.10. The Morgan fingerprint density at radius 2 is 2.19 bits per heavy atom. The number of piperidine rings is 1. The zero-order valence-corrected chi connectivity index (χ0v) is 10.6. The molecule has 3 nitrogen and oxygen atoms in total. The van der Waals surface area contributed by atoms with Gasteiger partial charge in [0.05, 0.1) is 0 Å². The minimum atomic E-state index is 0.714. The topological polar surface area (TPSA) is 42.2 Å². The van der Waals surface area contributed by atoms with Gasteiger partial charge in [-0.3, -0.25) is 0 Å². The number of nitrogens with zero attached hydrogens (tertiary/aromatic N) is 2. The summed E-state index contributed by atoms with van der Waals surface area (Å²) >= 11 is 1.60. The Morgan fingerprint density at radius 1 is 1.38 bits per heavy atom. The molecule has 2 aliphatic rings. The van der Waals surface area contributed by atoms with Gasteiger partial charge in [0.25, 0.3) is 0 Å². The van der Waals surface area contributed by atoms with Crippen LogP contribution in [0.15, 0.2) is 0 Å².